The molecule has 1 atom stereocenters. The lowest BCUT2D eigenvalue weighted by molar-refractivity contribution is 0.414. The second-order valence-electron chi connectivity index (χ2n) is 6.75. The number of methoxy groups -OCH3 is 1. The first-order chi connectivity index (χ1) is 13.7. The Bertz CT molecular complexity index is 1090. The van der Waals surface area contributed by atoms with Gasteiger partial charge in [-0.1, -0.05) is 72.8 Å². The molecule has 2 aliphatic rings. The number of hydrogen-bond donors (Lipinski definition) is 0. The van der Waals surface area contributed by atoms with Crippen LogP contribution in [-0.2, 0) is 0 Å². The van der Waals surface area contributed by atoms with Gasteiger partial charge >= 0.3 is 0 Å². The molecule has 0 aromatic heterocycles. The van der Waals surface area contributed by atoms with Crippen LogP contribution in [0.15, 0.2) is 90.6 Å². The van der Waals surface area contributed by atoms with E-state index in [9.17, 15) is 10.5 Å². The second-order valence-corrected chi connectivity index (χ2v) is 6.75. The minimum absolute atomic E-state index is 0.329. The SMILES string of the molecule is COc1ccc(C2=C(c3ccccc3)C3=CC=CC=CC3C2(C#N)C#N)cc1. The number of nitriles is 2. The lowest BCUT2D eigenvalue weighted by Gasteiger charge is -2.23. The third-order valence-corrected chi connectivity index (χ3v) is 5.33. The number of hydrogen-bond acceptors (Lipinski definition) is 3. The van der Waals surface area contributed by atoms with Gasteiger partial charge in [-0.15, -0.1) is 0 Å². The molecule has 0 saturated heterocycles. The Labute approximate surface area is 164 Å². The van der Waals surface area contributed by atoms with Crippen molar-refractivity contribution in [3.05, 3.63) is 102 Å². The van der Waals surface area contributed by atoms with Gasteiger partial charge in [-0.25, -0.2) is 0 Å². The van der Waals surface area contributed by atoms with E-state index in [0.29, 0.717) is 0 Å². The van der Waals surface area contributed by atoms with Crippen LogP contribution in [0.4, 0.5) is 0 Å². The highest BCUT2D eigenvalue weighted by atomic mass is 16.5. The van der Waals surface area contributed by atoms with E-state index in [1.54, 1.807) is 7.11 Å². The fourth-order valence-electron chi connectivity index (χ4n) is 4.04. The summed E-state index contributed by atoms with van der Waals surface area (Å²) in [6.45, 7) is 0. The fourth-order valence-corrected chi connectivity index (χ4v) is 4.04. The molecule has 3 heteroatoms. The first kappa shape index (κ1) is 17.6. The van der Waals surface area contributed by atoms with Crippen LogP contribution in [0.1, 0.15) is 11.1 Å². The van der Waals surface area contributed by atoms with E-state index in [-0.39, 0.29) is 5.92 Å². The minimum Gasteiger partial charge on any atom is -0.497 e. The molecule has 0 saturated carbocycles. The largest absolute Gasteiger partial charge is 0.497 e. The number of nitrogens with zero attached hydrogens (tertiary/aromatic N) is 2. The van der Waals surface area contributed by atoms with E-state index in [4.69, 9.17) is 4.74 Å². The number of ether oxygens (including phenoxy) is 1. The number of allylic oxidation sites excluding steroid dienone is 8. The van der Waals surface area contributed by atoms with Crippen LogP contribution in [0.5, 0.6) is 5.75 Å². The van der Waals surface area contributed by atoms with Gasteiger partial charge in [-0.05, 0) is 34.4 Å². The van der Waals surface area contributed by atoms with Crippen molar-refractivity contribution in [2.45, 2.75) is 0 Å². The molecule has 0 aliphatic heterocycles. The van der Waals surface area contributed by atoms with Crippen LogP contribution in [0.3, 0.4) is 0 Å². The summed E-state index contributed by atoms with van der Waals surface area (Å²) in [6, 6.07) is 22.3. The molecular formula is C25H18N2O. The Morgan fingerprint density at radius 2 is 1.57 bits per heavy atom. The molecule has 3 nitrogen and oxygen atoms in total. The fraction of sp³-hybridized carbons (Fsp3) is 0.120. The van der Waals surface area contributed by atoms with Crippen LogP contribution in [0.25, 0.3) is 11.1 Å². The normalized spacial score (nSPS) is 19.2. The van der Waals surface area contributed by atoms with Crippen molar-refractivity contribution in [3.8, 4) is 17.9 Å². The average Bonchev–Trinajstić information content (AvgIpc) is 2.87. The molecule has 0 heterocycles. The van der Waals surface area contributed by atoms with Crippen LogP contribution in [-0.4, -0.2) is 7.11 Å². The summed E-state index contributed by atoms with van der Waals surface area (Å²) in [4.78, 5) is 0. The first-order valence-corrected chi connectivity index (χ1v) is 9.07. The van der Waals surface area contributed by atoms with Gasteiger partial charge in [0.25, 0.3) is 0 Å². The maximum Gasteiger partial charge on any atom is 0.180 e. The molecule has 0 spiro atoms. The summed E-state index contributed by atoms with van der Waals surface area (Å²) in [7, 11) is 1.62. The number of benzene rings is 2. The summed E-state index contributed by atoms with van der Waals surface area (Å²) in [6.07, 6.45) is 9.79. The third-order valence-electron chi connectivity index (χ3n) is 5.33. The molecule has 0 amide bonds. The van der Waals surface area contributed by atoms with Crippen molar-refractivity contribution in [1.82, 2.24) is 0 Å². The highest BCUT2D eigenvalue weighted by Crippen LogP contribution is 2.58. The molecule has 2 aromatic rings. The van der Waals surface area contributed by atoms with Gasteiger partial charge in [0.15, 0.2) is 5.41 Å². The number of fused-ring (bicyclic) bond motifs is 1. The molecule has 134 valence electrons. The molecule has 0 fully saturated rings. The van der Waals surface area contributed by atoms with Gasteiger partial charge in [0, 0.05) is 11.5 Å². The molecule has 0 radical (unpaired) electrons. The van der Waals surface area contributed by atoms with E-state index < -0.39 is 5.41 Å². The molecule has 1 unspecified atom stereocenters. The lowest BCUT2D eigenvalue weighted by atomic mass is 9.73. The van der Waals surface area contributed by atoms with Crippen molar-refractivity contribution in [2.24, 2.45) is 11.3 Å². The van der Waals surface area contributed by atoms with Crippen molar-refractivity contribution < 1.29 is 4.74 Å². The second kappa shape index (κ2) is 7.06. The van der Waals surface area contributed by atoms with Gasteiger partial charge in [-0.2, -0.15) is 10.5 Å². The molecular weight excluding hydrogens is 344 g/mol. The van der Waals surface area contributed by atoms with Crippen molar-refractivity contribution in [3.63, 3.8) is 0 Å². The summed E-state index contributed by atoms with van der Waals surface area (Å²) < 4.78 is 5.28. The van der Waals surface area contributed by atoms with Gasteiger partial charge in [0.1, 0.15) is 5.75 Å². The Kier molecular flexibility index (Phi) is 4.44. The topological polar surface area (TPSA) is 56.8 Å². The van der Waals surface area contributed by atoms with E-state index in [1.807, 2.05) is 85.0 Å². The standard InChI is InChI=1S/C25H18N2O/c1-28-20-14-12-19(13-15-20)24-23(18-8-4-2-5-9-18)21-10-6-3-7-11-22(21)25(24,16-26)17-27/h2-15,22H,1H3. The van der Waals surface area contributed by atoms with Crippen LogP contribution in [0, 0.1) is 34.0 Å². The summed E-state index contributed by atoms with van der Waals surface area (Å²) in [5.74, 6) is 0.407. The Balaban J connectivity index is 2.09. The molecule has 0 bridgehead atoms. The Morgan fingerprint density at radius 3 is 2.21 bits per heavy atom. The maximum atomic E-state index is 10.2. The van der Waals surface area contributed by atoms with Gasteiger partial charge in [0.2, 0.25) is 0 Å². The van der Waals surface area contributed by atoms with E-state index in [1.165, 1.54) is 0 Å². The van der Waals surface area contributed by atoms with Gasteiger partial charge in [0.05, 0.1) is 19.2 Å². The van der Waals surface area contributed by atoms with E-state index in [2.05, 4.69) is 12.1 Å². The monoisotopic (exact) mass is 362 g/mol. The summed E-state index contributed by atoms with van der Waals surface area (Å²) >= 11 is 0. The maximum absolute atomic E-state index is 10.2. The molecule has 2 aliphatic carbocycles. The van der Waals surface area contributed by atoms with Gasteiger partial charge < -0.3 is 4.74 Å². The quantitative estimate of drug-likeness (QED) is 0.742. The van der Waals surface area contributed by atoms with Crippen LogP contribution in [0.2, 0.25) is 0 Å². The highest BCUT2D eigenvalue weighted by molar-refractivity contribution is 6.07. The predicted octanol–water partition coefficient (Wildman–Crippen LogP) is 5.32. The molecule has 28 heavy (non-hydrogen) atoms. The van der Waals surface area contributed by atoms with E-state index >= 15 is 0 Å². The van der Waals surface area contributed by atoms with E-state index in [0.717, 1.165) is 33.6 Å². The molecule has 4 rings (SSSR count). The zero-order valence-electron chi connectivity index (χ0n) is 15.5. The summed E-state index contributed by atoms with van der Waals surface area (Å²) in [5.41, 5.74) is 3.26. The molecule has 2 aromatic carbocycles. The average molecular weight is 362 g/mol. The Morgan fingerprint density at radius 1 is 0.857 bits per heavy atom. The van der Waals surface area contributed by atoms with Crippen LogP contribution < -0.4 is 4.74 Å². The minimum atomic E-state index is -1.30. The van der Waals surface area contributed by atoms with Crippen LogP contribution >= 0.6 is 0 Å². The first-order valence-electron chi connectivity index (χ1n) is 9.07. The zero-order valence-corrected chi connectivity index (χ0v) is 15.5. The summed E-state index contributed by atoms with van der Waals surface area (Å²) in [5, 5.41) is 20.5. The predicted molar refractivity (Wildman–Crippen MR) is 110 cm³/mol. The van der Waals surface area contributed by atoms with Gasteiger partial charge in [-0.3, -0.25) is 0 Å². The molecule has 0 N–H and O–H groups in total. The number of rotatable bonds is 3. The smallest absolute Gasteiger partial charge is 0.180 e. The third kappa shape index (κ3) is 2.57. The van der Waals surface area contributed by atoms with Crippen molar-refractivity contribution in [2.75, 3.05) is 7.11 Å². The Hall–Kier alpha value is -3.82. The zero-order chi connectivity index (χ0) is 19.6. The lowest BCUT2D eigenvalue weighted by Crippen LogP contribution is -2.24. The highest BCUT2D eigenvalue weighted by Gasteiger charge is 2.52. The van der Waals surface area contributed by atoms with Crippen molar-refractivity contribution >= 4 is 11.1 Å². The van der Waals surface area contributed by atoms with Crippen molar-refractivity contribution in [1.29, 1.82) is 10.5 Å².